The number of hydrogen-bond donors (Lipinski definition) is 1. The number of nitrogens with zero attached hydrogens (tertiary/aromatic N) is 1. The summed E-state index contributed by atoms with van der Waals surface area (Å²) in [6, 6.07) is 1.37. The Hall–Kier alpha value is -1.29. The lowest BCUT2D eigenvalue weighted by Crippen LogP contribution is -2.13. The summed E-state index contributed by atoms with van der Waals surface area (Å²) >= 11 is 5.75. The van der Waals surface area contributed by atoms with Crippen molar-refractivity contribution in [2.45, 2.75) is 52.1 Å². The molecule has 1 unspecified atom stereocenters. The van der Waals surface area contributed by atoms with Crippen LogP contribution in [0.25, 0.3) is 0 Å². The van der Waals surface area contributed by atoms with Crippen LogP contribution in [0.4, 0.5) is 0 Å². The number of carboxylic acids is 1. The van der Waals surface area contributed by atoms with Gasteiger partial charge in [0.2, 0.25) is 5.88 Å². The largest absolute Gasteiger partial charge is 0.478 e. The normalized spacial score (nSPS) is 12.2. The van der Waals surface area contributed by atoms with E-state index in [9.17, 15) is 4.79 Å². The van der Waals surface area contributed by atoms with E-state index in [1.807, 2.05) is 6.92 Å². The first-order valence-corrected chi connectivity index (χ1v) is 6.98. The molecule has 0 amide bonds. The van der Waals surface area contributed by atoms with E-state index in [1.165, 1.54) is 31.5 Å². The monoisotopic (exact) mass is 285 g/mol. The zero-order chi connectivity index (χ0) is 14.3. The predicted molar refractivity (Wildman–Crippen MR) is 75.1 cm³/mol. The zero-order valence-corrected chi connectivity index (χ0v) is 12.1. The number of unbranched alkanes of at least 4 members (excludes halogenated alkanes) is 3. The Morgan fingerprint density at radius 2 is 2.21 bits per heavy atom. The van der Waals surface area contributed by atoms with Crippen LogP contribution in [-0.2, 0) is 0 Å². The molecule has 0 aliphatic heterocycles. The first-order valence-electron chi connectivity index (χ1n) is 6.60. The molecule has 0 bridgehead atoms. The van der Waals surface area contributed by atoms with Crippen LogP contribution >= 0.6 is 11.6 Å². The van der Waals surface area contributed by atoms with Crippen LogP contribution in [0, 0.1) is 0 Å². The summed E-state index contributed by atoms with van der Waals surface area (Å²) in [5, 5.41) is 9.08. The fourth-order valence-electron chi connectivity index (χ4n) is 1.77. The number of ether oxygens (including phenoxy) is 1. The van der Waals surface area contributed by atoms with Crippen molar-refractivity contribution in [1.82, 2.24) is 4.98 Å². The lowest BCUT2D eigenvalue weighted by molar-refractivity contribution is 0.0696. The van der Waals surface area contributed by atoms with E-state index in [-0.39, 0.29) is 16.7 Å². The molecule has 0 saturated heterocycles. The van der Waals surface area contributed by atoms with E-state index in [0.29, 0.717) is 5.88 Å². The molecule has 19 heavy (non-hydrogen) atoms. The summed E-state index contributed by atoms with van der Waals surface area (Å²) in [7, 11) is 0. The van der Waals surface area contributed by atoms with Gasteiger partial charge in [-0.1, -0.05) is 37.8 Å². The Balaban J connectivity index is 2.52. The van der Waals surface area contributed by atoms with E-state index < -0.39 is 5.97 Å². The summed E-state index contributed by atoms with van der Waals surface area (Å²) < 4.78 is 5.61. The molecule has 0 spiro atoms. The smallest absolute Gasteiger partial charge is 0.337 e. The summed E-state index contributed by atoms with van der Waals surface area (Å²) in [6.45, 7) is 4.13. The number of aromatic nitrogens is 1. The second-order valence-corrected chi connectivity index (χ2v) is 4.99. The van der Waals surface area contributed by atoms with Gasteiger partial charge in [0.25, 0.3) is 0 Å². The fraction of sp³-hybridized carbons (Fsp3) is 0.571. The molecule has 0 radical (unpaired) electrons. The SMILES string of the molecule is CCCCCCC(C)Oc1cc(C(=O)O)c(Cl)cn1. The maximum atomic E-state index is 10.9. The van der Waals surface area contributed by atoms with E-state index >= 15 is 0 Å². The molecule has 0 aliphatic carbocycles. The maximum Gasteiger partial charge on any atom is 0.337 e. The molecule has 0 saturated carbocycles. The quantitative estimate of drug-likeness (QED) is 0.728. The van der Waals surface area contributed by atoms with Gasteiger partial charge in [0.05, 0.1) is 22.9 Å². The van der Waals surface area contributed by atoms with Crippen molar-refractivity contribution in [2.75, 3.05) is 0 Å². The zero-order valence-electron chi connectivity index (χ0n) is 11.4. The Labute approximate surface area is 118 Å². The molecule has 1 aromatic heterocycles. The molecule has 4 nitrogen and oxygen atoms in total. The number of pyridine rings is 1. The van der Waals surface area contributed by atoms with Gasteiger partial charge < -0.3 is 9.84 Å². The van der Waals surface area contributed by atoms with Gasteiger partial charge in [-0.25, -0.2) is 9.78 Å². The number of halogens is 1. The number of hydrogen-bond acceptors (Lipinski definition) is 3. The highest BCUT2D eigenvalue weighted by molar-refractivity contribution is 6.33. The van der Waals surface area contributed by atoms with Crippen molar-refractivity contribution in [3.63, 3.8) is 0 Å². The Bertz CT molecular complexity index is 423. The second-order valence-electron chi connectivity index (χ2n) is 4.59. The molecule has 0 aromatic carbocycles. The van der Waals surface area contributed by atoms with E-state index in [2.05, 4.69) is 11.9 Å². The number of carbonyl (C=O) groups is 1. The minimum Gasteiger partial charge on any atom is -0.478 e. The first kappa shape index (κ1) is 15.8. The minimum atomic E-state index is -1.08. The summed E-state index contributed by atoms with van der Waals surface area (Å²) in [5.41, 5.74) is 0.0184. The van der Waals surface area contributed by atoms with Crippen molar-refractivity contribution in [3.05, 3.63) is 22.8 Å². The first-order chi connectivity index (χ1) is 9.04. The molecule has 0 fully saturated rings. The molecule has 1 aromatic rings. The van der Waals surface area contributed by atoms with Gasteiger partial charge in [-0.2, -0.15) is 0 Å². The standard InChI is InChI=1S/C14H20ClNO3/c1-3-4-5-6-7-10(2)19-13-8-11(14(17)18)12(15)9-16-13/h8-10H,3-7H2,1-2H3,(H,17,18). The van der Waals surface area contributed by atoms with E-state index in [1.54, 1.807) is 0 Å². The highest BCUT2D eigenvalue weighted by atomic mass is 35.5. The van der Waals surface area contributed by atoms with Gasteiger partial charge in [-0.05, 0) is 19.8 Å². The molecule has 106 valence electrons. The van der Waals surface area contributed by atoms with Crippen LogP contribution in [0.3, 0.4) is 0 Å². The fourth-order valence-corrected chi connectivity index (χ4v) is 1.96. The Kier molecular flexibility index (Phi) is 6.64. The van der Waals surface area contributed by atoms with Crippen molar-refractivity contribution in [2.24, 2.45) is 0 Å². The lowest BCUT2D eigenvalue weighted by atomic mass is 10.1. The molecule has 0 aliphatic rings. The highest BCUT2D eigenvalue weighted by Crippen LogP contribution is 2.20. The lowest BCUT2D eigenvalue weighted by Gasteiger charge is -2.14. The van der Waals surface area contributed by atoms with Crippen molar-refractivity contribution >= 4 is 17.6 Å². The molecule has 1 N–H and O–H groups in total. The minimum absolute atomic E-state index is 0.0184. The number of rotatable bonds is 8. The number of carboxylic acid groups (broad SMARTS) is 1. The Morgan fingerprint density at radius 1 is 1.47 bits per heavy atom. The van der Waals surface area contributed by atoms with Crippen LogP contribution in [-0.4, -0.2) is 22.2 Å². The molecule has 1 heterocycles. The summed E-state index contributed by atoms with van der Waals surface area (Å²) in [5.74, 6) is -0.766. The molecular formula is C14H20ClNO3. The third-order valence-electron chi connectivity index (χ3n) is 2.85. The second kappa shape index (κ2) is 8.00. The Morgan fingerprint density at radius 3 is 2.84 bits per heavy atom. The summed E-state index contributed by atoms with van der Waals surface area (Å²) in [4.78, 5) is 14.9. The van der Waals surface area contributed by atoms with Gasteiger partial charge >= 0.3 is 5.97 Å². The third kappa shape index (κ3) is 5.47. The highest BCUT2D eigenvalue weighted by Gasteiger charge is 2.12. The van der Waals surface area contributed by atoms with Crippen molar-refractivity contribution in [1.29, 1.82) is 0 Å². The molecule has 1 rings (SSSR count). The summed E-state index contributed by atoms with van der Waals surface area (Å²) in [6.07, 6.45) is 7.00. The van der Waals surface area contributed by atoms with Gasteiger partial charge in [0.15, 0.2) is 0 Å². The maximum absolute atomic E-state index is 10.9. The van der Waals surface area contributed by atoms with Gasteiger partial charge in [0.1, 0.15) is 0 Å². The van der Waals surface area contributed by atoms with Crippen molar-refractivity contribution in [3.8, 4) is 5.88 Å². The van der Waals surface area contributed by atoms with Crippen LogP contribution in [0.5, 0.6) is 5.88 Å². The predicted octanol–water partition coefficient (Wildman–Crippen LogP) is 4.17. The van der Waals surface area contributed by atoms with Gasteiger partial charge in [-0.15, -0.1) is 0 Å². The van der Waals surface area contributed by atoms with Crippen LogP contribution < -0.4 is 4.74 Å². The van der Waals surface area contributed by atoms with Gasteiger partial charge in [0, 0.05) is 6.07 Å². The molecule has 1 atom stereocenters. The third-order valence-corrected chi connectivity index (χ3v) is 3.15. The van der Waals surface area contributed by atoms with Crippen LogP contribution in [0.2, 0.25) is 5.02 Å². The van der Waals surface area contributed by atoms with Crippen LogP contribution in [0.1, 0.15) is 56.3 Å². The van der Waals surface area contributed by atoms with E-state index in [0.717, 1.165) is 12.8 Å². The van der Waals surface area contributed by atoms with E-state index in [4.69, 9.17) is 21.4 Å². The average molecular weight is 286 g/mol. The average Bonchev–Trinajstić information content (AvgIpc) is 2.36. The van der Waals surface area contributed by atoms with Crippen molar-refractivity contribution < 1.29 is 14.6 Å². The number of aromatic carboxylic acids is 1. The molecular weight excluding hydrogens is 266 g/mol. The topological polar surface area (TPSA) is 59.4 Å². The van der Waals surface area contributed by atoms with Gasteiger partial charge in [-0.3, -0.25) is 0 Å². The molecule has 5 heteroatoms. The van der Waals surface area contributed by atoms with Crippen LogP contribution in [0.15, 0.2) is 12.3 Å².